The Morgan fingerprint density at radius 1 is 1.07 bits per heavy atom. The molecule has 1 heterocycles. The van der Waals surface area contributed by atoms with Gasteiger partial charge in [-0.1, -0.05) is 53.5 Å². The van der Waals surface area contributed by atoms with Crippen molar-refractivity contribution in [2.45, 2.75) is 13.1 Å². The average molecular weight is 405 g/mol. The standard InChI is InChI=1S/C21H22Cl2N2O2/c22-19-7-5-16(13-20(19)23)6-8-21(26)24-14-17-3-1-2-4-18(17)15-25-9-11-27-12-10-25/h1-8,13H,9-12,14-15H2,(H,24,26)/b8-6+. The second kappa shape index (κ2) is 9.90. The van der Waals surface area contributed by atoms with Gasteiger partial charge in [-0.05, 0) is 34.9 Å². The number of hydrogen-bond donors (Lipinski definition) is 1. The molecule has 2 aromatic rings. The van der Waals surface area contributed by atoms with Crippen LogP contribution in [0, 0.1) is 0 Å². The molecular weight excluding hydrogens is 383 g/mol. The van der Waals surface area contributed by atoms with Crippen molar-refractivity contribution in [1.29, 1.82) is 0 Å². The smallest absolute Gasteiger partial charge is 0.244 e. The maximum atomic E-state index is 12.2. The Morgan fingerprint density at radius 2 is 1.81 bits per heavy atom. The monoisotopic (exact) mass is 404 g/mol. The molecule has 1 saturated heterocycles. The van der Waals surface area contributed by atoms with Crippen molar-refractivity contribution in [3.63, 3.8) is 0 Å². The van der Waals surface area contributed by atoms with Crippen LogP contribution < -0.4 is 5.32 Å². The highest BCUT2D eigenvalue weighted by atomic mass is 35.5. The first-order valence-electron chi connectivity index (χ1n) is 8.89. The molecule has 1 N–H and O–H groups in total. The Labute approximate surface area is 169 Å². The zero-order valence-corrected chi connectivity index (χ0v) is 16.5. The van der Waals surface area contributed by atoms with E-state index in [0.29, 0.717) is 16.6 Å². The summed E-state index contributed by atoms with van der Waals surface area (Å²) in [7, 11) is 0. The van der Waals surface area contributed by atoms with Gasteiger partial charge in [0.1, 0.15) is 0 Å². The lowest BCUT2D eigenvalue weighted by molar-refractivity contribution is -0.116. The molecule has 1 aliphatic rings. The van der Waals surface area contributed by atoms with E-state index >= 15 is 0 Å². The van der Waals surface area contributed by atoms with E-state index < -0.39 is 0 Å². The Hall–Kier alpha value is -1.85. The second-order valence-corrected chi connectivity index (χ2v) is 7.20. The van der Waals surface area contributed by atoms with Crippen LogP contribution in [0.2, 0.25) is 10.0 Å². The third kappa shape index (κ3) is 6.08. The number of rotatable bonds is 6. The van der Waals surface area contributed by atoms with E-state index in [-0.39, 0.29) is 5.91 Å². The molecule has 1 fully saturated rings. The predicted molar refractivity (Wildman–Crippen MR) is 110 cm³/mol. The summed E-state index contributed by atoms with van der Waals surface area (Å²) in [5.41, 5.74) is 3.18. The lowest BCUT2D eigenvalue weighted by Gasteiger charge is -2.27. The molecule has 4 nitrogen and oxygen atoms in total. The van der Waals surface area contributed by atoms with Gasteiger partial charge in [0.15, 0.2) is 0 Å². The summed E-state index contributed by atoms with van der Waals surface area (Å²) in [6.07, 6.45) is 3.22. The Balaban J connectivity index is 1.56. The molecular formula is C21H22Cl2N2O2. The molecule has 0 atom stereocenters. The van der Waals surface area contributed by atoms with Gasteiger partial charge in [0, 0.05) is 32.3 Å². The minimum Gasteiger partial charge on any atom is -0.379 e. The summed E-state index contributed by atoms with van der Waals surface area (Å²) in [4.78, 5) is 14.5. The van der Waals surface area contributed by atoms with Crippen LogP contribution in [0.25, 0.3) is 6.08 Å². The Bertz CT molecular complexity index is 818. The Morgan fingerprint density at radius 3 is 2.56 bits per heavy atom. The zero-order valence-electron chi connectivity index (χ0n) is 15.0. The van der Waals surface area contributed by atoms with Crippen molar-refractivity contribution in [2.24, 2.45) is 0 Å². The molecule has 6 heteroatoms. The highest BCUT2D eigenvalue weighted by Gasteiger charge is 2.12. The molecule has 0 aromatic heterocycles. The SMILES string of the molecule is O=C(/C=C/c1ccc(Cl)c(Cl)c1)NCc1ccccc1CN1CCOCC1. The number of carbonyl (C=O) groups is 1. The van der Waals surface area contributed by atoms with E-state index in [1.165, 1.54) is 11.6 Å². The summed E-state index contributed by atoms with van der Waals surface area (Å²) in [5, 5.41) is 3.91. The predicted octanol–water partition coefficient (Wildman–Crippen LogP) is 4.16. The average Bonchev–Trinajstić information content (AvgIpc) is 2.69. The third-order valence-electron chi connectivity index (χ3n) is 4.44. The van der Waals surface area contributed by atoms with Crippen molar-refractivity contribution < 1.29 is 9.53 Å². The molecule has 0 unspecified atom stereocenters. The van der Waals surface area contributed by atoms with Gasteiger partial charge in [-0.25, -0.2) is 0 Å². The van der Waals surface area contributed by atoms with Gasteiger partial charge in [-0.15, -0.1) is 0 Å². The minimum atomic E-state index is -0.151. The summed E-state index contributed by atoms with van der Waals surface area (Å²) >= 11 is 11.9. The first-order valence-corrected chi connectivity index (χ1v) is 9.65. The van der Waals surface area contributed by atoms with Crippen LogP contribution in [0.4, 0.5) is 0 Å². The highest BCUT2D eigenvalue weighted by Crippen LogP contribution is 2.23. The molecule has 0 spiro atoms. The molecule has 2 aromatic carbocycles. The third-order valence-corrected chi connectivity index (χ3v) is 5.18. The fourth-order valence-electron chi connectivity index (χ4n) is 2.91. The minimum absolute atomic E-state index is 0.151. The van der Waals surface area contributed by atoms with Gasteiger partial charge in [0.2, 0.25) is 5.91 Å². The van der Waals surface area contributed by atoms with Crippen molar-refractivity contribution in [3.05, 3.63) is 75.3 Å². The lowest BCUT2D eigenvalue weighted by Crippen LogP contribution is -2.36. The molecule has 27 heavy (non-hydrogen) atoms. The van der Waals surface area contributed by atoms with E-state index in [1.54, 1.807) is 18.2 Å². The van der Waals surface area contributed by atoms with Crippen LogP contribution >= 0.6 is 23.2 Å². The number of benzene rings is 2. The van der Waals surface area contributed by atoms with Crippen LogP contribution in [0.3, 0.4) is 0 Å². The summed E-state index contributed by atoms with van der Waals surface area (Å²) in [6.45, 7) is 4.79. The first-order chi connectivity index (χ1) is 13.1. The summed E-state index contributed by atoms with van der Waals surface area (Å²) in [6, 6.07) is 13.5. The van der Waals surface area contributed by atoms with Gasteiger partial charge in [0.25, 0.3) is 0 Å². The van der Waals surface area contributed by atoms with E-state index in [2.05, 4.69) is 22.3 Å². The van der Waals surface area contributed by atoms with E-state index in [0.717, 1.165) is 44.0 Å². The quantitative estimate of drug-likeness (QED) is 0.734. The Kier molecular flexibility index (Phi) is 7.30. The van der Waals surface area contributed by atoms with Crippen LogP contribution in [-0.2, 0) is 22.6 Å². The topological polar surface area (TPSA) is 41.6 Å². The molecule has 3 rings (SSSR count). The normalized spacial score (nSPS) is 15.2. The van der Waals surface area contributed by atoms with Crippen molar-refractivity contribution in [3.8, 4) is 0 Å². The number of ether oxygens (including phenoxy) is 1. The van der Waals surface area contributed by atoms with E-state index in [1.807, 2.05) is 18.2 Å². The number of carbonyl (C=O) groups excluding carboxylic acids is 1. The van der Waals surface area contributed by atoms with E-state index in [9.17, 15) is 4.79 Å². The molecule has 0 saturated carbocycles. The maximum Gasteiger partial charge on any atom is 0.244 e. The summed E-state index contributed by atoms with van der Waals surface area (Å²) < 4.78 is 5.40. The number of nitrogens with one attached hydrogen (secondary N) is 1. The van der Waals surface area contributed by atoms with Gasteiger partial charge >= 0.3 is 0 Å². The maximum absolute atomic E-state index is 12.2. The van der Waals surface area contributed by atoms with Crippen LogP contribution in [-0.4, -0.2) is 37.1 Å². The summed E-state index contributed by atoms with van der Waals surface area (Å²) in [5.74, 6) is -0.151. The van der Waals surface area contributed by atoms with Crippen molar-refractivity contribution >= 4 is 35.2 Å². The molecule has 0 radical (unpaired) electrons. The number of halogens is 2. The molecule has 142 valence electrons. The van der Waals surface area contributed by atoms with Gasteiger partial charge in [-0.2, -0.15) is 0 Å². The number of nitrogens with zero attached hydrogens (tertiary/aromatic N) is 1. The molecule has 0 aliphatic carbocycles. The fourth-order valence-corrected chi connectivity index (χ4v) is 3.22. The number of hydrogen-bond acceptors (Lipinski definition) is 3. The van der Waals surface area contributed by atoms with Crippen LogP contribution in [0.5, 0.6) is 0 Å². The second-order valence-electron chi connectivity index (χ2n) is 6.38. The molecule has 0 bridgehead atoms. The van der Waals surface area contributed by atoms with Crippen LogP contribution in [0.1, 0.15) is 16.7 Å². The highest BCUT2D eigenvalue weighted by molar-refractivity contribution is 6.42. The van der Waals surface area contributed by atoms with Crippen molar-refractivity contribution in [1.82, 2.24) is 10.2 Å². The number of morpholine rings is 1. The number of amides is 1. The van der Waals surface area contributed by atoms with Gasteiger partial charge in [0.05, 0.1) is 23.3 Å². The molecule has 1 amide bonds. The van der Waals surface area contributed by atoms with Gasteiger partial charge < -0.3 is 10.1 Å². The van der Waals surface area contributed by atoms with E-state index in [4.69, 9.17) is 27.9 Å². The fraction of sp³-hybridized carbons (Fsp3) is 0.286. The van der Waals surface area contributed by atoms with Gasteiger partial charge in [-0.3, -0.25) is 9.69 Å². The largest absolute Gasteiger partial charge is 0.379 e. The van der Waals surface area contributed by atoms with Crippen LogP contribution in [0.15, 0.2) is 48.5 Å². The van der Waals surface area contributed by atoms with Crippen molar-refractivity contribution in [2.75, 3.05) is 26.3 Å². The molecule has 1 aliphatic heterocycles. The first kappa shape index (κ1) is 19.9. The lowest BCUT2D eigenvalue weighted by atomic mass is 10.1. The zero-order chi connectivity index (χ0) is 19.1.